The van der Waals surface area contributed by atoms with Gasteiger partial charge in [0.05, 0.1) is 18.5 Å². The van der Waals surface area contributed by atoms with E-state index >= 15 is 0 Å². The molecule has 16 heteroatoms. The molecular formula is C20H25N7O9. The molecule has 5 heterocycles. The van der Waals surface area contributed by atoms with E-state index in [0.717, 1.165) is 0 Å². The number of hydrogen-bond donors (Lipinski definition) is 5. The number of nitrogen functional groups attached to an aromatic ring is 1. The van der Waals surface area contributed by atoms with Gasteiger partial charge in [-0.15, -0.1) is 0 Å². The Morgan fingerprint density at radius 3 is 2.28 bits per heavy atom. The van der Waals surface area contributed by atoms with Gasteiger partial charge in [0.15, 0.2) is 11.2 Å². The van der Waals surface area contributed by atoms with Crippen LogP contribution < -0.4 is 22.5 Å². The number of H-pyrrole nitrogens is 2. The normalized spacial score (nSPS) is 28.3. The predicted molar refractivity (Wildman–Crippen MR) is 120 cm³/mol. The first-order chi connectivity index (χ1) is 17.2. The molecule has 2 aliphatic rings. The Morgan fingerprint density at radius 2 is 1.64 bits per heavy atom. The molecule has 6 N–H and O–H groups in total. The molecule has 2 aliphatic heterocycles. The van der Waals surface area contributed by atoms with Gasteiger partial charge in [0, 0.05) is 24.6 Å². The third-order valence-electron chi connectivity index (χ3n) is 6.17. The molecule has 16 nitrogen and oxygen atoms in total. The Hall–Kier alpha value is -3.41. The van der Waals surface area contributed by atoms with Crippen molar-refractivity contribution >= 4 is 17.1 Å². The number of aromatic nitrogens is 6. The summed E-state index contributed by atoms with van der Waals surface area (Å²) < 4.78 is 14.3. The Balaban J connectivity index is 1.14. The van der Waals surface area contributed by atoms with Crippen molar-refractivity contribution in [3.63, 3.8) is 0 Å². The van der Waals surface area contributed by atoms with E-state index in [1.165, 1.54) is 21.7 Å². The van der Waals surface area contributed by atoms with E-state index < -0.39 is 53.7 Å². The van der Waals surface area contributed by atoms with Crippen LogP contribution in [0.15, 0.2) is 26.9 Å². The van der Waals surface area contributed by atoms with Crippen molar-refractivity contribution in [3.05, 3.63) is 49.3 Å². The van der Waals surface area contributed by atoms with Crippen LogP contribution in [0, 0.1) is 6.92 Å². The van der Waals surface area contributed by atoms with Gasteiger partial charge < -0.3 is 25.4 Å². The van der Waals surface area contributed by atoms with Crippen molar-refractivity contribution in [2.45, 2.75) is 56.6 Å². The Morgan fingerprint density at radius 1 is 1.03 bits per heavy atom. The number of aliphatic hydroxyl groups is 2. The zero-order chi connectivity index (χ0) is 25.6. The van der Waals surface area contributed by atoms with E-state index in [-0.39, 0.29) is 43.2 Å². The lowest BCUT2D eigenvalue weighted by Crippen LogP contribution is -2.33. The second-order valence-corrected chi connectivity index (χ2v) is 8.69. The summed E-state index contributed by atoms with van der Waals surface area (Å²) in [5, 5.41) is 20.7. The van der Waals surface area contributed by atoms with Gasteiger partial charge in [-0.1, -0.05) is 0 Å². The molecule has 194 valence electrons. The van der Waals surface area contributed by atoms with Crippen molar-refractivity contribution in [1.82, 2.24) is 29.1 Å². The number of nitrogens with two attached hydrogens (primary N) is 1. The molecule has 3 aromatic rings. The molecule has 0 bridgehead atoms. The molecule has 0 saturated carbocycles. The van der Waals surface area contributed by atoms with Crippen LogP contribution in [0.4, 0.5) is 5.95 Å². The second-order valence-electron chi connectivity index (χ2n) is 8.69. The van der Waals surface area contributed by atoms with E-state index in [1.54, 1.807) is 6.92 Å². The summed E-state index contributed by atoms with van der Waals surface area (Å²) in [6, 6.07) is 0. The van der Waals surface area contributed by atoms with Gasteiger partial charge in [-0.05, 0) is 6.92 Å². The number of aromatic amines is 2. The fourth-order valence-electron chi connectivity index (χ4n) is 4.26. The quantitative estimate of drug-likeness (QED) is 0.131. The van der Waals surface area contributed by atoms with Crippen molar-refractivity contribution in [3.8, 4) is 0 Å². The number of aryl methyl sites for hydroxylation is 1. The maximum absolute atomic E-state index is 12.1. The topological polar surface area (TPSA) is 222 Å². The highest BCUT2D eigenvalue weighted by Crippen LogP contribution is 2.31. The standard InChI is InChI=1S/C20H25N7O9/c1-8-4-26(20(32)25-17(8)30)13-2-9(28)11(35-13)5-33-34-6-12-10(29)3-14(36-12)27-7-22-15-16(27)23-19(21)24-18(15)31/h4,7,9-14,28-29H,2-3,5-6H2,1H3,(H,25,30,32)(H3,21,23,24,31)/t9-,10-,11+,12+,13+,14+/m0/s1. The average Bonchev–Trinajstić information content (AvgIpc) is 3.51. The summed E-state index contributed by atoms with van der Waals surface area (Å²) in [4.78, 5) is 58.6. The average molecular weight is 507 g/mol. The summed E-state index contributed by atoms with van der Waals surface area (Å²) in [6.45, 7) is 1.27. The molecule has 0 amide bonds. The molecule has 5 rings (SSSR count). The first-order valence-electron chi connectivity index (χ1n) is 11.2. The molecule has 6 atom stereocenters. The van der Waals surface area contributed by atoms with E-state index in [0.29, 0.717) is 5.56 Å². The summed E-state index contributed by atoms with van der Waals surface area (Å²) in [5.41, 5.74) is 4.66. The first kappa shape index (κ1) is 24.3. The van der Waals surface area contributed by atoms with Crippen LogP contribution in [-0.2, 0) is 19.2 Å². The van der Waals surface area contributed by atoms with Gasteiger partial charge in [-0.3, -0.25) is 28.7 Å². The second kappa shape index (κ2) is 9.57. The van der Waals surface area contributed by atoms with Crippen molar-refractivity contribution in [1.29, 1.82) is 0 Å². The van der Waals surface area contributed by atoms with E-state index in [9.17, 15) is 24.6 Å². The molecule has 0 radical (unpaired) electrons. The molecule has 2 saturated heterocycles. The number of imidazole rings is 1. The van der Waals surface area contributed by atoms with Crippen LogP contribution in [0.1, 0.15) is 30.9 Å². The largest absolute Gasteiger partial charge is 0.390 e. The first-order valence-corrected chi connectivity index (χ1v) is 11.2. The van der Waals surface area contributed by atoms with Crippen LogP contribution in [0.3, 0.4) is 0 Å². The number of anilines is 1. The number of aliphatic hydroxyl groups excluding tert-OH is 2. The number of hydrogen-bond acceptors (Lipinski definition) is 12. The van der Waals surface area contributed by atoms with Crippen molar-refractivity contribution in [2.24, 2.45) is 0 Å². The maximum atomic E-state index is 12.1. The van der Waals surface area contributed by atoms with E-state index in [4.69, 9.17) is 25.0 Å². The minimum atomic E-state index is -0.937. The van der Waals surface area contributed by atoms with Crippen LogP contribution in [-0.4, -0.2) is 76.9 Å². The minimum absolute atomic E-state index is 0.0693. The lowest BCUT2D eigenvalue weighted by atomic mass is 10.2. The zero-order valence-electron chi connectivity index (χ0n) is 19.1. The number of nitrogens with one attached hydrogen (secondary N) is 2. The van der Waals surface area contributed by atoms with Gasteiger partial charge >= 0.3 is 5.69 Å². The molecule has 0 unspecified atom stereocenters. The van der Waals surface area contributed by atoms with E-state index in [2.05, 4.69) is 19.9 Å². The van der Waals surface area contributed by atoms with Gasteiger partial charge in [-0.25, -0.2) is 19.6 Å². The third-order valence-corrected chi connectivity index (χ3v) is 6.17. The zero-order valence-corrected chi connectivity index (χ0v) is 19.1. The lowest BCUT2D eigenvalue weighted by Gasteiger charge is -2.18. The van der Waals surface area contributed by atoms with Crippen LogP contribution in [0.5, 0.6) is 0 Å². The van der Waals surface area contributed by atoms with Crippen LogP contribution >= 0.6 is 0 Å². The van der Waals surface area contributed by atoms with Gasteiger partial charge in [0.2, 0.25) is 5.95 Å². The maximum Gasteiger partial charge on any atom is 0.330 e. The number of ether oxygens (including phenoxy) is 2. The van der Waals surface area contributed by atoms with Gasteiger partial charge in [0.1, 0.15) is 37.9 Å². The summed E-state index contributed by atoms with van der Waals surface area (Å²) in [5.74, 6) is -0.0693. The molecule has 0 aliphatic carbocycles. The summed E-state index contributed by atoms with van der Waals surface area (Å²) in [6.07, 6.45) is -1.76. The van der Waals surface area contributed by atoms with Crippen LogP contribution in [0.2, 0.25) is 0 Å². The predicted octanol–water partition coefficient (Wildman–Crippen LogP) is -2.19. The Labute approximate surface area is 201 Å². The summed E-state index contributed by atoms with van der Waals surface area (Å²) in [7, 11) is 0. The number of nitrogens with zero attached hydrogens (tertiary/aromatic N) is 4. The number of fused-ring (bicyclic) bond motifs is 1. The SMILES string of the molecule is Cc1cn([C@H]2C[C@H](O)[C@@H](COOC[C@H]3O[C@@H](n4cnc5c(=O)[nH]c(N)nc54)C[C@@H]3O)O2)c(=O)[nH]c1=O. The highest BCUT2D eigenvalue weighted by Gasteiger charge is 2.38. The molecule has 0 spiro atoms. The monoisotopic (exact) mass is 507 g/mol. The highest BCUT2D eigenvalue weighted by molar-refractivity contribution is 5.70. The fourth-order valence-corrected chi connectivity index (χ4v) is 4.26. The Kier molecular flexibility index (Phi) is 6.45. The number of rotatable bonds is 7. The summed E-state index contributed by atoms with van der Waals surface area (Å²) >= 11 is 0. The van der Waals surface area contributed by atoms with Gasteiger partial charge in [0.25, 0.3) is 11.1 Å². The third kappa shape index (κ3) is 4.57. The van der Waals surface area contributed by atoms with Crippen LogP contribution in [0.25, 0.3) is 11.2 Å². The fraction of sp³-hybridized carbons (Fsp3) is 0.550. The smallest absolute Gasteiger partial charge is 0.330 e. The highest BCUT2D eigenvalue weighted by atomic mass is 17.2. The van der Waals surface area contributed by atoms with Crippen molar-refractivity contribution < 1.29 is 29.5 Å². The molecular weight excluding hydrogens is 482 g/mol. The van der Waals surface area contributed by atoms with Crippen molar-refractivity contribution in [2.75, 3.05) is 18.9 Å². The van der Waals surface area contributed by atoms with Gasteiger partial charge in [-0.2, -0.15) is 4.98 Å². The molecule has 0 aromatic carbocycles. The van der Waals surface area contributed by atoms with E-state index in [1.807, 2.05) is 0 Å². The Bertz CT molecular complexity index is 1430. The lowest BCUT2D eigenvalue weighted by molar-refractivity contribution is -0.323. The minimum Gasteiger partial charge on any atom is -0.390 e. The molecule has 2 fully saturated rings. The molecule has 36 heavy (non-hydrogen) atoms. The molecule has 3 aromatic heterocycles.